The lowest BCUT2D eigenvalue weighted by Crippen LogP contribution is -2.24. The molecule has 0 bridgehead atoms. The zero-order valence-corrected chi connectivity index (χ0v) is 11.6. The van der Waals surface area contributed by atoms with Crippen LogP contribution in [-0.4, -0.2) is 22.2 Å². The molecule has 1 aliphatic carbocycles. The molecule has 1 aliphatic rings. The van der Waals surface area contributed by atoms with Gasteiger partial charge in [-0.2, -0.15) is 0 Å². The molecule has 1 N–H and O–H groups in total. The highest BCUT2D eigenvalue weighted by atomic mass is 16.1. The smallest absolute Gasteiger partial charge is 0.316 e. The maximum absolute atomic E-state index is 12.0. The van der Waals surface area contributed by atoms with E-state index in [2.05, 4.69) is 19.2 Å². The van der Waals surface area contributed by atoms with E-state index in [-0.39, 0.29) is 5.69 Å². The number of nitrogens with zero attached hydrogens (tertiary/aromatic N) is 2. The summed E-state index contributed by atoms with van der Waals surface area (Å²) in [6.45, 7) is 7.41. The molecule has 0 aliphatic heterocycles. The van der Waals surface area contributed by atoms with Crippen LogP contribution in [0.4, 0.5) is 0 Å². The van der Waals surface area contributed by atoms with Crippen molar-refractivity contribution in [1.82, 2.24) is 14.5 Å². The Hall–Kier alpha value is -1.03. The number of hydrogen-bond acceptors (Lipinski definition) is 2. The average molecular weight is 251 g/mol. The van der Waals surface area contributed by atoms with Crippen molar-refractivity contribution in [3.63, 3.8) is 0 Å². The molecule has 0 unspecified atom stereocenters. The molecule has 1 saturated carbocycles. The van der Waals surface area contributed by atoms with Crippen molar-refractivity contribution in [3.8, 4) is 0 Å². The molecule has 0 amide bonds. The van der Waals surface area contributed by atoms with Crippen LogP contribution in [0.1, 0.15) is 45.6 Å². The van der Waals surface area contributed by atoms with Crippen LogP contribution < -0.4 is 11.0 Å². The Kier molecular flexibility index (Phi) is 4.64. The molecule has 102 valence electrons. The Bertz CT molecular complexity index is 415. The topological polar surface area (TPSA) is 39.0 Å². The van der Waals surface area contributed by atoms with Crippen molar-refractivity contribution in [2.24, 2.45) is 5.92 Å². The summed E-state index contributed by atoms with van der Waals surface area (Å²) in [5, 5.41) is 3.43. The molecule has 1 heterocycles. The summed E-state index contributed by atoms with van der Waals surface area (Å²) >= 11 is 0. The number of imidazole rings is 1. The van der Waals surface area contributed by atoms with Crippen LogP contribution in [0.25, 0.3) is 0 Å². The second-order valence-electron chi connectivity index (χ2n) is 5.72. The molecule has 1 fully saturated rings. The van der Waals surface area contributed by atoms with Crippen molar-refractivity contribution in [2.75, 3.05) is 13.1 Å². The molecule has 0 atom stereocenters. The molecule has 2 rings (SSSR count). The number of rotatable bonds is 8. The van der Waals surface area contributed by atoms with E-state index in [1.807, 2.05) is 21.5 Å². The lowest BCUT2D eigenvalue weighted by molar-refractivity contribution is 0.513. The number of aryl methyl sites for hydroxylation is 1. The third-order valence-corrected chi connectivity index (χ3v) is 3.37. The third kappa shape index (κ3) is 3.73. The largest absolute Gasteiger partial charge is 0.328 e. The standard InChI is InChI=1S/C14H25N3O/c1-12(2)11-15-7-3-4-8-16-9-10-17(14(16)18)13-5-6-13/h9-10,12-13,15H,3-8,11H2,1-2H3. The summed E-state index contributed by atoms with van der Waals surface area (Å²) in [5.41, 5.74) is 0.174. The van der Waals surface area contributed by atoms with E-state index >= 15 is 0 Å². The predicted octanol–water partition coefficient (Wildman–Crippen LogP) is 2.01. The van der Waals surface area contributed by atoms with Crippen molar-refractivity contribution < 1.29 is 0 Å². The van der Waals surface area contributed by atoms with Crippen LogP contribution in [0.5, 0.6) is 0 Å². The third-order valence-electron chi connectivity index (χ3n) is 3.37. The number of aromatic nitrogens is 2. The summed E-state index contributed by atoms with van der Waals surface area (Å²) in [7, 11) is 0. The molecule has 0 spiro atoms. The molecular weight excluding hydrogens is 226 g/mol. The van der Waals surface area contributed by atoms with Crippen LogP contribution in [0.3, 0.4) is 0 Å². The van der Waals surface area contributed by atoms with Crippen LogP contribution in [0.15, 0.2) is 17.2 Å². The molecule has 0 radical (unpaired) electrons. The van der Waals surface area contributed by atoms with Crippen LogP contribution in [-0.2, 0) is 6.54 Å². The fourth-order valence-electron chi connectivity index (χ4n) is 2.15. The Balaban J connectivity index is 1.66. The van der Waals surface area contributed by atoms with Crippen molar-refractivity contribution in [3.05, 3.63) is 22.9 Å². The SMILES string of the molecule is CC(C)CNCCCCn1ccn(C2CC2)c1=O. The molecule has 4 heteroatoms. The lowest BCUT2D eigenvalue weighted by atomic mass is 10.2. The highest BCUT2D eigenvalue weighted by Gasteiger charge is 2.25. The highest BCUT2D eigenvalue weighted by molar-refractivity contribution is 4.91. The first kappa shape index (κ1) is 13.4. The normalized spacial score (nSPS) is 15.5. The second kappa shape index (κ2) is 6.23. The van der Waals surface area contributed by atoms with Gasteiger partial charge < -0.3 is 5.32 Å². The Morgan fingerprint density at radius 1 is 1.33 bits per heavy atom. The summed E-state index contributed by atoms with van der Waals surface area (Å²) in [6, 6.07) is 0.492. The van der Waals surface area contributed by atoms with E-state index in [0.29, 0.717) is 12.0 Å². The molecule has 1 aromatic rings. The predicted molar refractivity (Wildman–Crippen MR) is 73.9 cm³/mol. The monoisotopic (exact) mass is 251 g/mol. The van der Waals surface area contributed by atoms with E-state index in [0.717, 1.165) is 32.5 Å². The van der Waals surface area contributed by atoms with Crippen LogP contribution in [0, 0.1) is 5.92 Å². The zero-order chi connectivity index (χ0) is 13.0. The highest BCUT2D eigenvalue weighted by Crippen LogP contribution is 2.33. The molecule has 1 aromatic heterocycles. The summed E-state index contributed by atoms with van der Waals surface area (Å²) in [5.74, 6) is 0.709. The van der Waals surface area contributed by atoms with Crippen LogP contribution >= 0.6 is 0 Å². The molecule has 0 saturated heterocycles. The minimum Gasteiger partial charge on any atom is -0.316 e. The first-order valence-electron chi connectivity index (χ1n) is 7.16. The second-order valence-corrected chi connectivity index (χ2v) is 5.72. The van der Waals surface area contributed by atoms with E-state index in [1.54, 1.807) is 0 Å². The molecule has 0 aromatic carbocycles. The van der Waals surface area contributed by atoms with E-state index in [4.69, 9.17) is 0 Å². The van der Waals surface area contributed by atoms with Crippen LogP contribution in [0.2, 0.25) is 0 Å². The first-order chi connectivity index (χ1) is 8.68. The van der Waals surface area contributed by atoms with Crippen molar-refractivity contribution in [2.45, 2.75) is 52.1 Å². The van der Waals surface area contributed by atoms with Crippen molar-refractivity contribution >= 4 is 0 Å². The number of nitrogens with one attached hydrogen (secondary N) is 1. The van der Waals surface area contributed by atoms with Gasteiger partial charge in [0, 0.05) is 25.0 Å². The minimum atomic E-state index is 0.174. The average Bonchev–Trinajstić information content (AvgIpc) is 3.09. The molecule has 4 nitrogen and oxygen atoms in total. The maximum Gasteiger partial charge on any atom is 0.328 e. The number of hydrogen-bond donors (Lipinski definition) is 1. The minimum absolute atomic E-state index is 0.174. The van der Waals surface area contributed by atoms with Gasteiger partial charge in [-0.25, -0.2) is 4.79 Å². The Morgan fingerprint density at radius 2 is 2.11 bits per heavy atom. The van der Waals surface area contributed by atoms with Gasteiger partial charge in [0.2, 0.25) is 0 Å². The van der Waals surface area contributed by atoms with Gasteiger partial charge >= 0.3 is 5.69 Å². The number of unbranched alkanes of at least 4 members (excludes halogenated alkanes) is 1. The quantitative estimate of drug-likeness (QED) is 0.718. The fraction of sp³-hybridized carbons (Fsp3) is 0.786. The first-order valence-corrected chi connectivity index (χ1v) is 7.16. The van der Waals surface area contributed by atoms with Gasteiger partial charge in [-0.15, -0.1) is 0 Å². The summed E-state index contributed by atoms with van der Waals surface area (Å²) in [6.07, 6.45) is 8.42. The lowest BCUT2D eigenvalue weighted by Gasteiger charge is -2.07. The zero-order valence-electron chi connectivity index (χ0n) is 11.6. The van der Waals surface area contributed by atoms with E-state index in [1.165, 1.54) is 12.8 Å². The fourth-order valence-corrected chi connectivity index (χ4v) is 2.15. The van der Waals surface area contributed by atoms with Gasteiger partial charge in [-0.3, -0.25) is 9.13 Å². The van der Waals surface area contributed by atoms with Gasteiger partial charge in [0.25, 0.3) is 0 Å². The van der Waals surface area contributed by atoms with E-state index in [9.17, 15) is 4.79 Å². The summed E-state index contributed by atoms with van der Waals surface area (Å²) in [4.78, 5) is 12.0. The van der Waals surface area contributed by atoms with Gasteiger partial charge in [-0.1, -0.05) is 13.8 Å². The van der Waals surface area contributed by atoms with Gasteiger partial charge in [-0.05, 0) is 44.7 Å². The van der Waals surface area contributed by atoms with Crippen molar-refractivity contribution in [1.29, 1.82) is 0 Å². The van der Waals surface area contributed by atoms with Gasteiger partial charge in [0.15, 0.2) is 0 Å². The van der Waals surface area contributed by atoms with Gasteiger partial charge in [0.1, 0.15) is 0 Å². The van der Waals surface area contributed by atoms with Gasteiger partial charge in [0.05, 0.1) is 0 Å². The summed E-state index contributed by atoms with van der Waals surface area (Å²) < 4.78 is 3.73. The Morgan fingerprint density at radius 3 is 2.78 bits per heavy atom. The molecular formula is C14H25N3O. The van der Waals surface area contributed by atoms with E-state index < -0.39 is 0 Å². The Labute approximate surface area is 109 Å². The maximum atomic E-state index is 12.0. The molecule has 18 heavy (non-hydrogen) atoms.